The Morgan fingerprint density at radius 2 is 1.54 bits per heavy atom. The zero-order chi connectivity index (χ0) is 18.8. The number of halogens is 5. The SMILES string of the molecule is O=C(c1ccc(Cl)cc1)N1CCCN(c2c(F)c(F)nc(F)c2F)CC1. The first kappa shape index (κ1) is 18.4. The molecule has 0 spiro atoms. The van der Waals surface area contributed by atoms with Gasteiger partial charge in [-0.3, -0.25) is 4.79 Å². The molecule has 3 rings (SSSR count). The van der Waals surface area contributed by atoms with Crippen LogP contribution in [0.1, 0.15) is 16.8 Å². The fourth-order valence-corrected chi connectivity index (χ4v) is 3.00. The van der Waals surface area contributed by atoms with E-state index in [2.05, 4.69) is 4.98 Å². The van der Waals surface area contributed by atoms with Gasteiger partial charge in [-0.05, 0) is 30.7 Å². The zero-order valence-electron chi connectivity index (χ0n) is 13.5. The van der Waals surface area contributed by atoms with E-state index in [1.165, 1.54) is 9.80 Å². The van der Waals surface area contributed by atoms with Crippen LogP contribution in [0, 0.1) is 23.5 Å². The minimum absolute atomic E-state index is 0.0239. The van der Waals surface area contributed by atoms with Crippen molar-refractivity contribution in [1.82, 2.24) is 9.88 Å². The van der Waals surface area contributed by atoms with Gasteiger partial charge in [0.05, 0.1) is 0 Å². The molecular formula is C17H14ClF4N3O. The minimum atomic E-state index is -1.70. The van der Waals surface area contributed by atoms with Crippen LogP contribution in [0.15, 0.2) is 24.3 Å². The lowest BCUT2D eigenvalue weighted by Crippen LogP contribution is -2.35. The summed E-state index contributed by atoms with van der Waals surface area (Å²) in [5.41, 5.74) is -0.364. The molecule has 0 radical (unpaired) electrons. The molecule has 0 saturated carbocycles. The summed E-state index contributed by atoms with van der Waals surface area (Å²) in [5.74, 6) is -6.73. The predicted octanol–water partition coefficient (Wildman–Crippen LogP) is 3.64. The van der Waals surface area contributed by atoms with Gasteiger partial charge in [-0.1, -0.05) is 11.6 Å². The number of carbonyl (C=O) groups is 1. The number of aromatic nitrogens is 1. The number of nitrogens with zero attached hydrogens (tertiary/aromatic N) is 3. The van der Waals surface area contributed by atoms with Gasteiger partial charge >= 0.3 is 0 Å². The van der Waals surface area contributed by atoms with Crippen molar-refractivity contribution < 1.29 is 22.4 Å². The molecule has 1 fully saturated rings. The Morgan fingerprint density at radius 3 is 2.15 bits per heavy atom. The fourth-order valence-electron chi connectivity index (χ4n) is 2.87. The van der Waals surface area contributed by atoms with Gasteiger partial charge in [0.2, 0.25) is 11.6 Å². The predicted molar refractivity (Wildman–Crippen MR) is 88.3 cm³/mol. The van der Waals surface area contributed by atoms with E-state index in [4.69, 9.17) is 11.6 Å². The number of anilines is 1. The molecule has 1 amide bonds. The van der Waals surface area contributed by atoms with Crippen molar-refractivity contribution in [3.8, 4) is 0 Å². The van der Waals surface area contributed by atoms with Gasteiger partial charge in [-0.15, -0.1) is 0 Å². The lowest BCUT2D eigenvalue weighted by Gasteiger charge is -2.24. The van der Waals surface area contributed by atoms with Crippen LogP contribution in [0.25, 0.3) is 0 Å². The van der Waals surface area contributed by atoms with Crippen LogP contribution in [0.3, 0.4) is 0 Å². The maximum absolute atomic E-state index is 13.9. The number of carbonyl (C=O) groups excluding carboxylic acids is 1. The highest BCUT2D eigenvalue weighted by Crippen LogP contribution is 2.27. The monoisotopic (exact) mass is 387 g/mol. The van der Waals surface area contributed by atoms with Crippen molar-refractivity contribution >= 4 is 23.2 Å². The smallest absolute Gasteiger partial charge is 0.253 e. The molecule has 9 heteroatoms. The van der Waals surface area contributed by atoms with Gasteiger partial charge in [0, 0.05) is 36.8 Å². The van der Waals surface area contributed by atoms with Gasteiger partial charge < -0.3 is 9.80 Å². The summed E-state index contributed by atoms with van der Waals surface area (Å²) >= 11 is 5.80. The van der Waals surface area contributed by atoms with Gasteiger partial charge in [0.25, 0.3) is 17.8 Å². The summed E-state index contributed by atoms with van der Waals surface area (Å²) in [4.78, 5) is 17.8. The van der Waals surface area contributed by atoms with Crippen LogP contribution in [0.2, 0.25) is 5.02 Å². The Labute approximate surface area is 152 Å². The average molecular weight is 388 g/mol. The first-order valence-corrected chi connectivity index (χ1v) is 8.26. The van der Waals surface area contributed by atoms with E-state index in [0.29, 0.717) is 23.6 Å². The quantitative estimate of drug-likeness (QED) is 0.583. The van der Waals surface area contributed by atoms with E-state index in [9.17, 15) is 22.4 Å². The summed E-state index contributed by atoms with van der Waals surface area (Å²) in [6.07, 6.45) is 0.379. The molecule has 2 heterocycles. The van der Waals surface area contributed by atoms with Crippen molar-refractivity contribution in [3.63, 3.8) is 0 Å². The highest BCUT2D eigenvalue weighted by Gasteiger charge is 2.28. The van der Waals surface area contributed by atoms with Gasteiger partial charge in [0.1, 0.15) is 5.69 Å². The summed E-state index contributed by atoms with van der Waals surface area (Å²) in [6.45, 7) is 0.653. The van der Waals surface area contributed by atoms with Crippen LogP contribution in [-0.4, -0.2) is 42.0 Å². The molecule has 1 saturated heterocycles. The molecule has 0 N–H and O–H groups in total. The Balaban J connectivity index is 1.79. The van der Waals surface area contributed by atoms with Gasteiger partial charge in [-0.25, -0.2) is 0 Å². The van der Waals surface area contributed by atoms with Gasteiger partial charge in [-0.2, -0.15) is 22.5 Å². The Bertz CT molecular complexity index is 805. The molecule has 26 heavy (non-hydrogen) atoms. The number of hydrogen-bond donors (Lipinski definition) is 0. The highest BCUT2D eigenvalue weighted by molar-refractivity contribution is 6.30. The van der Waals surface area contributed by atoms with E-state index >= 15 is 0 Å². The van der Waals surface area contributed by atoms with Crippen LogP contribution in [0.5, 0.6) is 0 Å². The van der Waals surface area contributed by atoms with Crippen molar-refractivity contribution in [2.45, 2.75) is 6.42 Å². The Hall–Kier alpha value is -2.35. The molecule has 1 aromatic heterocycles. The third-order valence-corrected chi connectivity index (χ3v) is 4.42. The lowest BCUT2D eigenvalue weighted by molar-refractivity contribution is 0.0767. The second-order valence-corrected chi connectivity index (χ2v) is 6.25. The highest BCUT2D eigenvalue weighted by atomic mass is 35.5. The topological polar surface area (TPSA) is 36.4 Å². The Kier molecular flexibility index (Phi) is 5.31. The zero-order valence-corrected chi connectivity index (χ0v) is 14.2. The molecule has 0 bridgehead atoms. The maximum atomic E-state index is 13.9. The Morgan fingerprint density at radius 1 is 0.923 bits per heavy atom. The van der Waals surface area contributed by atoms with E-state index in [-0.39, 0.29) is 25.5 Å². The normalized spacial score (nSPS) is 15.1. The molecule has 1 aliphatic rings. The van der Waals surface area contributed by atoms with Gasteiger partial charge in [0.15, 0.2) is 0 Å². The van der Waals surface area contributed by atoms with Crippen LogP contribution in [-0.2, 0) is 0 Å². The molecule has 2 aromatic rings. The molecule has 0 atom stereocenters. The first-order chi connectivity index (χ1) is 12.4. The van der Waals surface area contributed by atoms with Crippen molar-refractivity contribution in [2.24, 2.45) is 0 Å². The molecule has 138 valence electrons. The number of rotatable bonds is 2. The molecule has 0 unspecified atom stereocenters. The van der Waals surface area contributed by atoms with E-state index < -0.39 is 29.2 Å². The summed E-state index contributed by atoms with van der Waals surface area (Å²) < 4.78 is 54.6. The minimum Gasteiger partial charge on any atom is -0.365 e. The average Bonchev–Trinajstić information content (AvgIpc) is 2.86. The second-order valence-electron chi connectivity index (χ2n) is 5.81. The number of pyridine rings is 1. The standard InChI is InChI=1S/C17H14ClF4N3O/c18-11-4-2-10(3-5-11)17(26)25-7-1-6-24(8-9-25)14-12(19)15(21)23-16(22)13(14)20/h2-5H,1,6-9H2. The first-order valence-electron chi connectivity index (χ1n) is 7.88. The molecule has 1 aromatic carbocycles. The van der Waals surface area contributed by atoms with Crippen LogP contribution in [0.4, 0.5) is 23.2 Å². The maximum Gasteiger partial charge on any atom is 0.253 e. The molecule has 4 nitrogen and oxygen atoms in total. The van der Waals surface area contributed by atoms with E-state index in [0.717, 1.165) is 0 Å². The molecule has 1 aliphatic heterocycles. The van der Waals surface area contributed by atoms with Crippen molar-refractivity contribution in [2.75, 3.05) is 31.1 Å². The van der Waals surface area contributed by atoms with Crippen molar-refractivity contribution in [1.29, 1.82) is 0 Å². The number of amides is 1. The van der Waals surface area contributed by atoms with Crippen molar-refractivity contribution in [3.05, 3.63) is 58.4 Å². The summed E-state index contributed by atoms with van der Waals surface area (Å²) in [7, 11) is 0. The summed E-state index contributed by atoms with van der Waals surface area (Å²) in [6, 6.07) is 6.35. The number of benzene rings is 1. The second kappa shape index (κ2) is 7.49. The van der Waals surface area contributed by atoms with Crippen LogP contribution >= 0.6 is 11.6 Å². The van der Waals surface area contributed by atoms with E-state index in [1.807, 2.05) is 0 Å². The summed E-state index contributed by atoms with van der Waals surface area (Å²) in [5, 5.41) is 0.497. The van der Waals surface area contributed by atoms with E-state index in [1.54, 1.807) is 24.3 Å². The molecular weight excluding hydrogens is 374 g/mol. The lowest BCUT2D eigenvalue weighted by atomic mass is 10.2. The third kappa shape index (κ3) is 3.60. The molecule has 0 aliphatic carbocycles. The third-order valence-electron chi connectivity index (χ3n) is 4.16. The largest absolute Gasteiger partial charge is 0.365 e. The fraction of sp³-hybridized carbons (Fsp3) is 0.294. The number of hydrogen-bond acceptors (Lipinski definition) is 3. The van der Waals surface area contributed by atoms with Crippen LogP contribution < -0.4 is 4.90 Å².